The zero-order valence-electron chi connectivity index (χ0n) is 17.6. The summed E-state index contributed by atoms with van der Waals surface area (Å²) in [4.78, 5) is 17.3. The number of nitrogen functional groups attached to an aromatic ring is 2. The highest BCUT2D eigenvalue weighted by atomic mass is 16.3. The number of carbonyl (C=O) groups is 1. The molecule has 0 radical (unpaired) electrons. The third kappa shape index (κ3) is 3.68. The Bertz CT molecular complexity index is 1120. The molecule has 5 nitrogen and oxygen atoms in total. The van der Waals surface area contributed by atoms with E-state index in [2.05, 4.69) is 4.99 Å². The Morgan fingerprint density at radius 1 is 0.862 bits per heavy atom. The summed E-state index contributed by atoms with van der Waals surface area (Å²) in [5.41, 5.74) is 20.4. The lowest BCUT2D eigenvalue weighted by atomic mass is 9.89. The van der Waals surface area contributed by atoms with Crippen LogP contribution in [0.1, 0.15) is 34.7 Å². The number of anilines is 2. The number of hydrogen-bond donors (Lipinski definition) is 3. The first-order valence-corrected chi connectivity index (χ1v) is 9.56. The van der Waals surface area contributed by atoms with Crippen molar-refractivity contribution in [2.45, 2.75) is 41.0 Å². The second-order valence-corrected chi connectivity index (χ2v) is 7.63. The first-order valence-electron chi connectivity index (χ1n) is 9.56. The van der Waals surface area contributed by atoms with Gasteiger partial charge in [0.05, 0.1) is 5.69 Å². The molecule has 2 aromatic carbocycles. The van der Waals surface area contributed by atoms with Gasteiger partial charge in [0.25, 0.3) is 0 Å². The highest BCUT2D eigenvalue weighted by Gasteiger charge is 2.25. The van der Waals surface area contributed by atoms with Crippen molar-refractivity contribution >= 4 is 28.6 Å². The predicted molar refractivity (Wildman–Crippen MR) is 120 cm³/mol. The lowest BCUT2D eigenvalue weighted by Crippen LogP contribution is -2.21. The molecule has 0 fully saturated rings. The molecule has 1 aliphatic carbocycles. The fourth-order valence-electron chi connectivity index (χ4n) is 3.43. The molecule has 0 saturated carbocycles. The number of aliphatic hydroxyl groups is 1. The van der Waals surface area contributed by atoms with Crippen molar-refractivity contribution in [3.63, 3.8) is 0 Å². The van der Waals surface area contributed by atoms with Gasteiger partial charge in [0.15, 0.2) is 0 Å². The van der Waals surface area contributed by atoms with Crippen molar-refractivity contribution in [2.75, 3.05) is 11.5 Å². The maximum absolute atomic E-state index is 12.7. The molecule has 0 bridgehead atoms. The number of ketones is 1. The fraction of sp³-hybridized carbons (Fsp3) is 0.250. The zero-order chi connectivity index (χ0) is 21.5. The zero-order valence-corrected chi connectivity index (χ0v) is 17.6. The van der Waals surface area contributed by atoms with Crippen LogP contribution in [0.4, 0.5) is 17.1 Å². The van der Waals surface area contributed by atoms with Gasteiger partial charge in [0.1, 0.15) is 11.5 Å². The molecule has 5 heteroatoms. The summed E-state index contributed by atoms with van der Waals surface area (Å²) in [6, 6.07) is 7.43. The number of benzene rings is 2. The molecule has 0 amide bonds. The maximum Gasteiger partial charge on any atom is 0.210 e. The van der Waals surface area contributed by atoms with E-state index in [9.17, 15) is 9.90 Å². The smallest absolute Gasteiger partial charge is 0.210 e. The third-order valence-corrected chi connectivity index (χ3v) is 5.91. The van der Waals surface area contributed by atoms with Crippen LogP contribution < -0.4 is 11.5 Å². The van der Waals surface area contributed by atoms with Crippen molar-refractivity contribution in [3.05, 3.63) is 75.1 Å². The maximum atomic E-state index is 12.7. The molecule has 0 aromatic heterocycles. The molecule has 0 spiro atoms. The summed E-state index contributed by atoms with van der Waals surface area (Å²) in [7, 11) is 0. The number of carbonyl (C=O) groups excluding carboxylic acids is 1. The van der Waals surface area contributed by atoms with Crippen molar-refractivity contribution in [1.82, 2.24) is 0 Å². The van der Waals surface area contributed by atoms with Gasteiger partial charge in [0.2, 0.25) is 5.78 Å². The first-order chi connectivity index (χ1) is 13.6. The van der Waals surface area contributed by atoms with Crippen molar-refractivity contribution in [2.24, 2.45) is 4.99 Å². The number of aliphatic imine (C=N–C) groups is 1. The molecule has 3 rings (SSSR count). The molecule has 0 unspecified atom stereocenters. The molecular formula is C24H27N3O2. The number of nitrogens with zero attached hydrogens (tertiary/aromatic N) is 1. The highest BCUT2D eigenvalue weighted by molar-refractivity contribution is 6.51. The lowest BCUT2D eigenvalue weighted by molar-refractivity contribution is -0.109. The fourth-order valence-corrected chi connectivity index (χ4v) is 3.43. The summed E-state index contributed by atoms with van der Waals surface area (Å²) in [6.45, 7) is 9.49. The molecule has 0 atom stereocenters. The Kier molecular flexibility index (Phi) is 5.33. The van der Waals surface area contributed by atoms with Gasteiger partial charge in [-0.25, -0.2) is 4.99 Å². The van der Waals surface area contributed by atoms with Crippen molar-refractivity contribution in [1.29, 1.82) is 0 Å². The summed E-state index contributed by atoms with van der Waals surface area (Å²) in [5, 5.41) is 10.6. The van der Waals surface area contributed by atoms with Crippen LogP contribution in [0.5, 0.6) is 0 Å². The van der Waals surface area contributed by atoms with E-state index in [0.717, 1.165) is 33.5 Å². The predicted octanol–water partition coefficient (Wildman–Crippen LogP) is 4.74. The summed E-state index contributed by atoms with van der Waals surface area (Å²) in [6.07, 6.45) is 2.17. The van der Waals surface area contributed by atoms with E-state index in [-0.39, 0.29) is 11.5 Å². The van der Waals surface area contributed by atoms with Gasteiger partial charge < -0.3 is 16.6 Å². The SMILES string of the molecule is CC1=C(O)C(Cc2ccc(N)c(C)c2C)=CC(=Nc2ccc(N)c(C)c2C)C1=O. The molecule has 2 aromatic rings. The average Bonchev–Trinajstić information content (AvgIpc) is 2.70. The Hall–Kier alpha value is -3.34. The Morgan fingerprint density at radius 3 is 2.10 bits per heavy atom. The van der Waals surface area contributed by atoms with Gasteiger partial charge in [-0.05, 0) is 86.7 Å². The van der Waals surface area contributed by atoms with E-state index >= 15 is 0 Å². The van der Waals surface area contributed by atoms with Gasteiger partial charge >= 0.3 is 0 Å². The normalized spacial score (nSPS) is 15.8. The number of hydrogen-bond acceptors (Lipinski definition) is 5. The Labute approximate surface area is 171 Å². The second-order valence-electron chi connectivity index (χ2n) is 7.63. The number of Topliss-reactive ketones (excluding diaryl/α,β-unsaturated/α-hetero) is 1. The minimum Gasteiger partial charge on any atom is -0.507 e. The largest absolute Gasteiger partial charge is 0.507 e. The molecule has 5 N–H and O–H groups in total. The molecule has 0 heterocycles. The molecule has 1 aliphatic rings. The van der Waals surface area contributed by atoms with E-state index in [1.165, 1.54) is 0 Å². The number of rotatable bonds is 3. The monoisotopic (exact) mass is 389 g/mol. The second kappa shape index (κ2) is 7.59. The third-order valence-electron chi connectivity index (χ3n) is 5.91. The standard InChI is InChI=1S/C24H27N3O2/c1-12-13(2)19(25)7-6-17(12)10-18-11-22(24(29)16(5)23(18)28)27-21-9-8-20(26)14(3)15(21)4/h6-9,11,28H,10,25-26H2,1-5H3. The molecule has 29 heavy (non-hydrogen) atoms. The Morgan fingerprint density at radius 2 is 1.45 bits per heavy atom. The number of aliphatic hydroxyl groups excluding tert-OH is 1. The minimum atomic E-state index is -0.273. The van der Waals surface area contributed by atoms with Crippen molar-refractivity contribution < 1.29 is 9.90 Å². The van der Waals surface area contributed by atoms with Crippen LogP contribution in [0.2, 0.25) is 0 Å². The van der Waals surface area contributed by atoms with E-state index < -0.39 is 0 Å². The van der Waals surface area contributed by atoms with Crippen LogP contribution >= 0.6 is 0 Å². The van der Waals surface area contributed by atoms with Crippen LogP contribution in [0.3, 0.4) is 0 Å². The van der Waals surface area contributed by atoms with Crippen LogP contribution in [0.25, 0.3) is 0 Å². The van der Waals surface area contributed by atoms with Gasteiger partial charge in [-0.2, -0.15) is 0 Å². The van der Waals surface area contributed by atoms with E-state index in [1.54, 1.807) is 19.1 Å². The topological polar surface area (TPSA) is 102 Å². The van der Waals surface area contributed by atoms with E-state index in [4.69, 9.17) is 11.5 Å². The van der Waals surface area contributed by atoms with Gasteiger partial charge in [0, 0.05) is 28.9 Å². The highest BCUT2D eigenvalue weighted by Crippen LogP contribution is 2.30. The van der Waals surface area contributed by atoms with Crippen LogP contribution in [0, 0.1) is 27.7 Å². The number of nitrogens with two attached hydrogens (primary N) is 2. The average molecular weight is 389 g/mol. The molecular weight excluding hydrogens is 362 g/mol. The first kappa shape index (κ1) is 20.4. The van der Waals surface area contributed by atoms with Crippen LogP contribution in [0.15, 0.2) is 52.2 Å². The van der Waals surface area contributed by atoms with Gasteiger partial charge in [-0.1, -0.05) is 6.07 Å². The summed E-state index contributed by atoms with van der Waals surface area (Å²) in [5.74, 6) is -0.252. The number of allylic oxidation sites excluding steroid dienone is 3. The van der Waals surface area contributed by atoms with Gasteiger partial charge in [-0.15, -0.1) is 0 Å². The van der Waals surface area contributed by atoms with Crippen LogP contribution in [-0.4, -0.2) is 16.6 Å². The van der Waals surface area contributed by atoms with Gasteiger partial charge in [-0.3, -0.25) is 4.79 Å². The minimum absolute atomic E-state index is 0.0213. The lowest BCUT2D eigenvalue weighted by Gasteiger charge is -2.18. The Balaban J connectivity index is 2.07. The van der Waals surface area contributed by atoms with E-state index in [0.29, 0.717) is 34.7 Å². The van der Waals surface area contributed by atoms with Crippen LogP contribution in [-0.2, 0) is 11.2 Å². The summed E-state index contributed by atoms with van der Waals surface area (Å²) < 4.78 is 0. The van der Waals surface area contributed by atoms with E-state index in [1.807, 2.05) is 45.9 Å². The molecule has 0 aliphatic heterocycles. The molecule has 0 saturated heterocycles. The quantitative estimate of drug-likeness (QED) is 0.521. The summed E-state index contributed by atoms with van der Waals surface area (Å²) >= 11 is 0. The molecule has 150 valence electrons. The van der Waals surface area contributed by atoms with Crippen molar-refractivity contribution in [3.8, 4) is 0 Å².